The summed E-state index contributed by atoms with van der Waals surface area (Å²) < 4.78 is 13.7. The molecular formula is C21H21FN4O. The largest absolute Gasteiger partial charge is 0.363 e. The van der Waals surface area contributed by atoms with Gasteiger partial charge < -0.3 is 10.3 Å². The van der Waals surface area contributed by atoms with E-state index in [1.807, 2.05) is 25.1 Å². The maximum absolute atomic E-state index is 13.7. The smallest absolute Gasteiger partial charge is 0.254 e. The first kappa shape index (κ1) is 17.4. The number of benzene rings is 1. The zero-order valence-electron chi connectivity index (χ0n) is 15.3. The first-order chi connectivity index (χ1) is 13.0. The van der Waals surface area contributed by atoms with Gasteiger partial charge in [-0.05, 0) is 68.5 Å². The molecule has 0 bridgehead atoms. The summed E-state index contributed by atoms with van der Waals surface area (Å²) >= 11 is 0. The minimum absolute atomic E-state index is 0.0438. The van der Waals surface area contributed by atoms with Crippen LogP contribution in [0.3, 0.4) is 0 Å². The molecule has 0 fully saturated rings. The molecule has 1 atom stereocenters. The summed E-state index contributed by atoms with van der Waals surface area (Å²) in [6.07, 6.45) is 4.66. The van der Waals surface area contributed by atoms with Crippen LogP contribution in [-0.4, -0.2) is 15.0 Å². The zero-order valence-corrected chi connectivity index (χ0v) is 15.3. The number of aromatic amines is 1. The molecule has 1 aliphatic rings. The van der Waals surface area contributed by atoms with E-state index in [0.29, 0.717) is 22.9 Å². The van der Waals surface area contributed by atoms with Crippen LogP contribution in [-0.2, 0) is 6.42 Å². The van der Waals surface area contributed by atoms with E-state index in [-0.39, 0.29) is 17.4 Å². The van der Waals surface area contributed by atoms with E-state index in [4.69, 9.17) is 0 Å². The molecule has 138 valence electrons. The molecule has 4 rings (SSSR count). The second kappa shape index (κ2) is 6.95. The van der Waals surface area contributed by atoms with Crippen LogP contribution in [0.15, 0.2) is 41.3 Å². The first-order valence-corrected chi connectivity index (χ1v) is 9.10. The van der Waals surface area contributed by atoms with Crippen molar-refractivity contribution in [3.63, 3.8) is 0 Å². The van der Waals surface area contributed by atoms with Gasteiger partial charge in [-0.1, -0.05) is 6.07 Å². The van der Waals surface area contributed by atoms with Crippen molar-refractivity contribution in [3.8, 4) is 11.4 Å². The summed E-state index contributed by atoms with van der Waals surface area (Å²) in [5.41, 5.74) is 4.13. The average Bonchev–Trinajstić information content (AvgIpc) is 2.67. The van der Waals surface area contributed by atoms with Gasteiger partial charge in [-0.25, -0.2) is 14.4 Å². The van der Waals surface area contributed by atoms with E-state index in [1.165, 1.54) is 11.6 Å². The lowest BCUT2D eigenvalue weighted by Gasteiger charge is -2.27. The Labute approximate surface area is 156 Å². The van der Waals surface area contributed by atoms with Gasteiger partial charge in [0.1, 0.15) is 17.5 Å². The van der Waals surface area contributed by atoms with Crippen LogP contribution < -0.4 is 10.9 Å². The average molecular weight is 364 g/mol. The van der Waals surface area contributed by atoms with E-state index in [0.717, 1.165) is 30.4 Å². The molecule has 0 saturated heterocycles. The monoisotopic (exact) mass is 364 g/mol. The zero-order chi connectivity index (χ0) is 19.0. The molecule has 6 heteroatoms. The molecule has 2 N–H and O–H groups in total. The molecule has 1 unspecified atom stereocenters. The van der Waals surface area contributed by atoms with Crippen LogP contribution in [0.25, 0.3) is 11.4 Å². The Morgan fingerprint density at radius 1 is 1.22 bits per heavy atom. The highest BCUT2D eigenvalue weighted by Crippen LogP contribution is 2.32. The van der Waals surface area contributed by atoms with Crippen LogP contribution in [0.4, 0.5) is 10.2 Å². The van der Waals surface area contributed by atoms with Gasteiger partial charge in [0.25, 0.3) is 5.56 Å². The van der Waals surface area contributed by atoms with Crippen LogP contribution >= 0.6 is 0 Å². The lowest BCUT2D eigenvalue weighted by Crippen LogP contribution is -2.18. The molecule has 0 saturated carbocycles. The molecule has 0 radical (unpaired) electrons. The van der Waals surface area contributed by atoms with Crippen molar-refractivity contribution < 1.29 is 4.39 Å². The molecular weight excluding hydrogens is 343 g/mol. The minimum atomic E-state index is -0.212. The summed E-state index contributed by atoms with van der Waals surface area (Å²) in [5, 5.41) is 3.40. The Morgan fingerprint density at radius 3 is 2.81 bits per heavy atom. The van der Waals surface area contributed by atoms with Crippen LogP contribution in [0.1, 0.15) is 41.3 Å². The van der Waals surface area contributed by atoms with E-state index in [9.17, 15) is 9.18 Å². The van der Waals surface area contributed by atoms with Crippen LogP contribution in [0, 0.1) is 19.7 Å². The third kappa shape index (κ3) is 3.47. The van der Waals surface area contributed by atoms with Gasteiger partial charge >= 0.3 is 0 Å². The number of hydrogen-bond acceptors (Lipinski definition) is 4. The third-order valence-electron chi connectivity index (χ3n) is 5.18. The molecule has 3 aromatic rings. The number of nitrogens with zero attached hydrogens (tertiary/aromatic N) is 2. The van der Waals surface area contributed by atoms with Crippen molar-refractivity contribution in [2.45, 2.75) is 39.2 Å². The number of nitrogens with one attached hydrogen (secondary N) is 2. The Kier molecular flexibility index (Phi) is 4.48. The second-order valence-electron chi connectivity index (χ2n) is 6.99. The molecule has 1 aliphatic carbocycles. The van der Waals surface area contributed by atoms with E-state index in [1.54, 1.807) is 19.2 Å². The number of H-pyrrole nitrogens is 1. The Balaban J connectivity index is 1.58. The molecule has 27 heavy (non-hydrogen) atoms. The number of pyridine rings is 1. The molecule has 0 spiro atoms. The molecule has 0 amide bonds. The van der Waals surface area contributed by atoms with E-state index < -0.39 is 0 Å². The van der Waals surface area contributed by atoms with Crippen molar-refractivity contribution in [1.82, 2.24) is 15.0 Å². The van der Waals surface area contributed by atoms with Gasteiger partial charge in [-0.3, -0.25) is 4.79 Å². The fourth-order valence-corrected chi connectivity index (χ4v) is 3.50. The number of rotatable bonds is 3. The summed E-state index contributed by atoms with van der Waals surface area (Å²) in [6.45, 7) is 3.57. The fourth-order valence-electron chi connectivity index (χ4n) is 3.50. The van der Waals surface area contributed by atoms with Crippen LogP contribution in [0.2, 0.25) is 0 Å². The van der Waals surface area contributed by atoms with Gasteiger partial charge in [-0.15, -0.1) is 0 Å². The van der Waals surface area contributed by atoms with Gasteiger partial charge in [0.05, 0.1) is 6.04 Å². The number of aromatic nitrogens is 3. The Bertz CT molecular complexity index is 1040. The Morgan fingerprint density at radius 2 is 2.07 bits per heavy atom. The predicted molar refractivity (Wildman–Crippen MR) is 103 cm³/mol. The summed E-state index contributed by atoms with van der Waals surface area (Å²) in [6, 6.07) is 8.78. The lowest BCUT2D eigenvalue weighted by molar-refractivity contribution is 0.579. The van der Waals surface area contributed by atoms with E-state index >= 15 is 0 Å². The van der Waals surface area contributed by atoms with Crippen molar-refractivity contribution in [2.24, 2.45) is 0 Å². The van der Waals surface area contributed by atoms with Crippen molar-refractivity contribution in [3.05, 3.63) is 75.1 Å². The maximum Gasteiger partial charge on any atom is 0.254 e. The van der Waals surface area contributed by atoms with Gasteiger partial charge in [0, 0.05) is 23.0 Å². The first-order valence-electron chi connectivity index (χ1n) is 9.10. The summed E-state index contributed by atoms with van der Waals surface area (Å²) in [7, 11) is 0. The third-order valence-corrected chi connectivity index (χ3v) is 5.18. The summed E-state index contributed by atoms with van der Waals surface area (Å²) in [5.74, 6) is 1.01. The second-order valence-corrected chi connectivity index (χ2v) is 6.99. The minimum Gasteiger partial charge on any atom is -0.363 e. The number of halogens is 1. The SMILES string of the molecule is Cc1nc(-c2ccc(NC3CCCc4ccc(F)cc43)nc2)[nH]c(=O)c1C. The molecule has 2 heterocycles. The van der Waals surface area contributed by atoms with Crippen molar-refractivity contribution in [1.29, 1.82) is 0 Å². The predicted octanol–water partition coefficient (Wildman–Crippen LogP) is 4.08. The standard InChI is InChI=1S/C21H21FN4O/c1-12-13(2)24-20(26-21(12)27)15-7-9-19(23-11-15)25-18-5-3-4-14-6-8-16(22)10-17(14)18/h6-11,18H,3-5H2,1-2H3,(H,23,25)(H,24,26,27). The topological polar surface area (TPSA) is 70.7 Å². The normalized spacial score (nSPS) is 16.0. The Hall–Kier alpha value is -3.02. The quantitative estimate of drug-likeness (QED) is 0.735. The highest BCUT2D eigenvalue weighted by Gasteiger charge is 2.21. The number of hydrogen-bond donors (Lipinski definition) is 2. The highest BCUT2D eigenvalue weighted by molar-refractivity contribution is 5.56. The van der Waals surface area contributed by atoms with E-state index in [2.05, 4.69) is 20.3 Å². The molecule has 0 aliphatic heterocycles. The van der Waals surface area contributed by atoms with Gasteiger partial charge in [0.15, 0.2) is 0 Å². The molecule has 5 nitrogen and oxygen atoms in total. The van der Waals surface area contributed by atoms with Gasteiger partial charge in [-0.2, -0.15) is 0 Å². The van der Waals surface area contributed by atoms with Crippen LogP contribution in [0.5, 0.6) is 0 Å². The van der Waals surface area contributed by atoms with Crippen molar-refractivity contribution >= 4 is 5.82 Å². The maximum atomic E-state index is 13.7. The number of aryl methyl sites for hydroxylation is 2. The van der Waals surface area contributed by atoms with Crippen molar-refractivity contribution in [2.75, 3.05) is 5.32 Å². The molecule has 1 aromatic carbocycles. The lowest BCUT2D eigenvalue weighted by atomic mass is 9.87. The highest BCUT2D eigenvalue weighted by atomic mass is 19.1. The number of anilines is 1. The van der Waals surface area contributed by atoms with Gasteiger partial charge in [0.2, 0.25) is 0 Å². The summed E-state index contributed by atoms with van der Waals surface area (Å²) in [4.78, 5) is 23.6. The molecule has 2 aromatic heterocycles. The number of fused-ring (bicyclic) bond motifs is 1. The fraction of sp³-hybridized carbons (Fsp3) is 0.286.